The summed E-state index contributed by atoms with van der Waals surface area (Å²) in [6.45, 7) is 3.78. The lowest BCUT2D eigenvalue weighted by Gasteiger charge is -2.00. The first-order chi connectivity index (χ1) is 6.88. The lowest BCUT2D eigenvalue weighted by atomic mass is 10.2. The van der Waals surface area contributed by atoms with E-state index in [-0.39, 0.29) is 0 Å². The third-order valence-electron chi connectivity index (χ3n) is 2.77. The first-order valence-corrected chi connectivity index (χ1v) is 4.97. The highest BCUT2D eigenvalue weighted by Crippen LogP contribution is 2.37. The van der Waals surface area contributed by atoms with Crippen LogP contribution >= 0.6 is 0 Å². The van der Waals surface area contributed by atoms with Gasteiger partial charge in [-0.15, -0.1) is 0 Å². The molecule has 3 rings (SSSR count). The Hall–Kier alpha value is -1.57. The fourth-order valence-corrected chi connectivity index (χ4v) is 1.81. The van der Waals surface area contributed by atoms with Crippen LogP contribution in [0.3, 0.4) is 0 Å². The predicted octanol–water partition coefficient (Wildman–Crippen LogP) is 3.01. The predicted molar refractivity (Wildman–Crippen MR) is 58.1 cm³/mol. The summed E-state index contributed by atoms with van der Waals surface area (Å²) in [5.74, 6) is 0. The summed E-state index contributed by atoms with van der Waals surface area (Å²) in [5.41, 5.74) is 3.49. The highest BCUT2D eigenvalue weighted by molar-refractivity contribution is 5.78. The van der Waals surface area contributed by atoms with Crippen LogP contribution in [0.2, 0.25) is 0 Å². The molecular weight excluding hydrogens is 172 g/mol. The molecule has 2 heteroatoms. The van der Waals surface area contributed by atoms with Gasteiger partial charge in [0.05, 0.1) is 17.4 Å². The molecule has 2 aromatic rings. The Morgan fingerprint density at radius 3 is 3.00 bits per heavy atom. The maximum Gasteiger partial charge on any atom is 0.0960 e. The molecule has 1 aliphatic rings. The molecule has 2 nitrogen and oxygen atoms in total. The molecule has 0 unspecified atom stereocenters. The average molecular weight is 184 g/mol. The van der Waals surface area contributed by atoms with E-state index in [0.29, 0.717) is 6.04 Å². The van der Waals surface area contributed by atoms with E-state index in [1.807, 2.05) is 12.4 Å². The van der Waals surface area contributed by atoms with Crippen molar-refractivity contribution >= 4 is 17.1 Å². The van der Waals surface area contributed by atoms with E-state index in [0.717, 1.165) is 5.52 Å². The minimum absolute atomic E-state index is 0.695. The van der Waals surface area contributed by atoms with E-state index in [4.69, 9.17) is 0 Å². The number of benzene rings is 1. The second-order valence-corrected chi connectivity index (χ2v) is 3.84. The molecule has 14 heavy (non-hydrogen) atoms. The third-order valence-corrected chi connectivity index (χ3v) is 2.77. The van der Waals surface area contributed by atoms with Crippen molar-refractivity contribution in [3.63, 3.8) is 0 Å². The third kappa shape index (κ3) is 1.07. The van der Waals surface area contributed by atoms with Crippen molar-refractivity contribution in [2.45, 2.75) is 18.9 Å². The quantitative estimate of drug-likeness (QED) is 0.701. The number of imidazole rings is 1. The van der Waals surface area contributed by atoms with Crippen LogP contribution in [0, 0.1) is 0 Å². The molecule has 0 bridgehead atoms. The Bertz CT molecular complexity index is 492. The largest absolute Gasteiger partial charge is 0.327 e. The molecule has 0 radical (unpaired) electrons. The normalized spacial score (nSPS) is 16.0. The van der Waals surface area contributed by atoms with Gasteiger partial charge in [-0.25, -0.2) is 4.98 Å². The van der Waals surface area contributed by atoms with Gasteiger partial charge in [-0.1, -0.05) is 18.7 Å². The molecule has 0 atom stereocenters. The number of fused-ring (bicyclic) bond motifs is 1. The van der Waals surface area contributed by atoms with Gasteiger partial charge in [0, 0.05) is 6.04 Å². The van der Waals surface area contributed by atoms with Crippen LogP contribution in [0.1, 0.15) is 24.4 Å². The Morgan fingerprint density at radius 2 is 2.29 bits per heavy atom. The van der Waals surface area contributed by atoms with Gasteiger partial charge in [0.1, 0.15) is 0 Å². The van der Waals surface area contributed by atoms with Crippen LogP contribution in [-0.2, 0) is 0 Å². The Kier molecular flexibility index (Phi) is 1.51. The van der Waals surface area contributed by atoms with E-state index in [2.05, 4.69) is 34.3 Å². The number of hydrogen-bond acceptors (Lipinski definition) is 1. The highest BCUT2D eigenvalue weighted by Gasteiger charge is 2.24. The zero-order valence-corrected chi connectivity index (χ0v) is 7.98. The van der Waals surface area contributed by atoms with Crippen LogP contribution in [-0.4, -0.2) is 9.55 Å². The minimum Gasteiger partial charge on any atom is -0.327 e. The van der Waals surface area contributed by atoms with Crippen molar-refractivity contribution in [1.82, 2.24) is 9.55 Å². The Labute approximate surface area is 82.9 Å². The maximum atomic E-state index is 4.38. The monoisotopic (exact) mass is 184 g/mol. The Morgan fingerprint density at radius 1 is 1.43 bits per heavy atom. The molecule has 0 aliphatic heterocycles. The van der Waals surface area contributed by atoms with E-state index >= 15 is 0 Å². The summed E-state index contributed by atoms with van der Waals surface area (Å²) >= 11 is 0. The smallest absolute Gasteiger partial charge is 0.0960 e. The summed E-state index contributed by atoms with van der Waals surface area (Å²) in [6.07, 6.45) is 6.42. The first kappa shape index (κ1) is 7.80. The number of aromatic nitrogens is 2. The van der Waals surface area contributed by atoms with Gasteiger partial charge in [-0.05, 0) is 30.5 Å². The molecule has 1 aromatic carbocycles. The second-order valence-electron chi connectivity index (χ2n) is 3.84. The highest BCUT2D eigenvalue weighted by atomic mass is 15.1. The van der Waals surface area contributed by atoms with Crippen LogP contribution in [0.15, 0.2) is 31.1 Å². The van der Waals surface area contributed by atoms with Gasteiger partial charge in [-0.2, -0.15) is 0 Å². The molecule has 1 heterocycles. The van der Waals surface area contributed by atoms with Crippen molar-refractivity contribution < 1.29 is 0 Å². The van der Waals surface area contributed by atoms with Crippen molar-refractivity contribution in [3.05, 3.63) is 36.7 Å². The molecule has 1 fully saturated rings. The fraction of sp³-hybridized carbons (Fsp3) is 0.250. The van der Waals surface area contributed by atoms with Crippen LogP contribution in [0.4, 0.5) is 0 Å². The molecule has 1 saturated carbocycles. The van der Waals surface area contributed by atoms with E-state index in [1.54, 1.807) is 0 Å². The van der Waals surface area contributed by atoms with Crippen LogP contribution in [0.5, 0.6) is 0 Å². The first-order valence-electron chi connectivity index (χ1n) is 4.97. The summed E-state index contributed by atoms with van der Waals surface area (Å²) in [5, 5.41) is 0. The number of hydrogen-bond donors (Lipinski definition) is 0. The zero-order chi connectivity index (χ0) is 9.54. The SMILES string of the molecule is C=Cc1ccc2ncn(C3CC3)c2c1. The van der Waals surface area contributed by atoms with Crippen molar-refractivity contribution in [1.29, 1.82) is 0 Å². The summed E-state index contributed by atoms with van der Waals surface area (Å²) < 4.78 is 2.28. The molecule has 0 spiro atoms. The van der Waals surface area contributed by atoms with Gasteiger partial charge in [0.15, 0.2) is 0 Å². The average Bonchev–Trinajstić information content (AvgIpc) is 2.98. The lowest BCUT2D eigenvalue weighted by Crippen LogP contribution is -1.90. The van der Waals surface area contributed by atoms with Gasteiger partial charge < -0.3 is 4.57 Å². The molecule has 70 valence electrons. The number of nitrogens with zero attached hydrogens (tertiary/aromatic N) is 2. The molecule has 0 saturated heterocycles. The molecule has 1 aromatic heterocycles. The summed E-state index contributed by atoms with van der Waals surface area (Å²) in [7, 11) is 0. The number of rotatable bonds is 2. The van der Waals surface area contributed by atoms with Crippen molar-refractivity contribution in [3.8, 4) is 0 Å². The van der Waals surface area contributed by atoms with Crippen LogP contribution < -0.4 is 0 Å². The molecular formula is C12H12N2. The zero-order valence-electron chi connectivity index (χ0n) is 7.98. The fourth-order valence-electron chi connectivity index (χ4n) is 1.81. The van der Waals surface area contributed by atoms with E-state index in [1.165, 1.54) is 23.9 Å². The summed E-state index contributed by atoms with van der Waals surface area (Å²) in [4.78, 5) is 4.38. The minimum atomic E-state index is 0.695. The molecule has 0 N–H and O–H groups in total. The standard InChI is InChI=1S/C12H12N2/c1-2-9-3-6-11-12(7-9)14(8-13-11)10-4-5-10/h2-3,6-8,10H,1,4-5H2. The molecule has 0 amide bonds. The van der Waals surface area contributed by atoms with E-state index in [9.17, 15) is 0 Å². The lowest BCUT2D eigenvalue weighted by molar-refractivity contribution is 0.766. The topological polar surface area (TPSA) is 17.8 Å². The molecule has 1 aliphatic carbocycles. The van der Waals surface area contributed by atoms with Gasteiger partial charge >= 0.3 is 0 Å². The summed E-state index contributed by atoms with van der Waals surface area (Å²) in [6, 6.07) is 6.97. The van der Waals surface area contributed by atoms with Crippen molar-refractivity contribution in [2.24, 2.45) is 0 Å². The van der Waals surface area contributed by atoms with Gasteiger partial charge in [-0.3, -0.25) is 0 Å². The van der Waals surface area contributed by atoms with E-state index < -0.39 is 0 Å². The Balaban J connectivity index is 2.25. The van der Waals surface area contributed by atoms with Gasteiger partial charge in [0.2, 0.25) is 0 Å². The van der Waals surface area contributed by atoms with Gasteiger partial charge in [0.25, 0.3) is 0 Å². The van der Waals surface area contributed by atoms with Crippen LogP contribution in [0.25, 0.3) is 17.1 Å². The van der Waals surface area contributed by atoms with Crippen molar-refractivity contribution in [2.75, 3.05) is 0 Å². The second kappa shape index (κ2) is 2.71. The maximum absolute atomic E-state index is 4.38.